The van der Waals surface area contributed by atoms with E-state index in [0.717, 1.165) is 11.1 Å². The van der Waals surface area contributed by atoms with Crippen molar-refractivity contribution >= 4 is 18.0 Å². The minimum absolute atomic E-state index is 0.147. The molecule has 0 aliphatic rings. The number of nitriles is 1. The Balaban J connectivity index is 2.13. The third-order valence-corrected chi connectivity index (χ3v) is 4.47. The molecule has 0 fully saturated rings. The second kappa shape index (κ2) is 11.6. The Labute approximate surface area is 188 Å². The standard InChI is InChI=1S/C25H27NO6/c1-6-30-25(28)19(14-26)12-18-8-10-21(23(13-18)29-5)32-24(27)15-31-22-11-17(4)7-9-20(22)16(2)3/h7-13,16H,6,15H2,1-5H3/b19-12+. The van der Waals surface area contributed by atoms with Gasteiger partial charge in [0.25, 0.3) is 0 Å². The highest BCUT2D eigenvalue weighted by atomic mass is 16.6. The second-order valence-electron chi connectivity index (χ2n) is 7.26. The van der Waals surface area contributed by atoms with E-state index in [0.29, 0.717) is 11.3 Å². The summed E-state index contributed by atoms with van der Waals surface area (Å²) in [5.41, 5.74) is 2.41. The predicted octanol–water partition coefficient (Wildman–Crippen LogP) is 4.58. The average molecular weight is 437 g/mol. The van der Waals surface area contributed by atoms with Gasteiger partial charge in [0.15, 0.2) is 18.1 Å². The molecule has 7 heteroatoms. The lowest BCUT2D eigenvalue weighted by molar-refractivity contribution is -0.138. The zero-order valence-electron chi connectivity index (χ0n) is 18.9. The molecule has 0 aliphatic heterocycles. The zero-order chi connectivity index (χ0) is 23.7. The molecule has 2 aromatic rings. The van der Waals surface area contributed by atoms with Crippen LogP contribution in [0.5, 0.6) is 17.2 Å². The summed E-state index contributed by atoms with van der Waals surface area (Å²) in [5.74, 6) is 0.0566. The van der Waals surface area contributed by atoms with Crippen LogP contribution in [-0.4, -0.2) is 32.3 Å². The van der Waals surface area contributed by atoms with Crippen LogP contribution in [-0.2, 0) is 14.3 Å². The molecule has 168 valence electrons. The number of methoxy groups -OCH3 is 1. The molecular formula is C25H27NO6. The van der Waals surface area contributed by atoms with Crippen molar-refractivity contribution in [3.63, 3.8) is 0 Å². The van der Waals surface area contributed by atoms with Gasteiger partial charge in [0.1, 0.15) is 17.4 Å². The normalized spacial score (nSPS) is 11.0. The van der Waals surface area contributed by atoms with E-state index in [1.807, 2.05) is 31.2 Å². The van der Waals surface area contributed by atoms with Crippen LogP contribution in [0.4, 0.5) is 0 Å². The van der Waals surface area contributed by atoms with E-state index >= 15 is 0 Å². The monoisotopic (exact) mass is 437 g/mol. The number of carbonyl (C=O) groups excluding carboxylic acids is 2. The minimum atomic E-state index is -0.710. The Morgan fingerprint density at radius 1 is 1.09 bits per heavy atom. The number of nitrogens with zero attached hydrogens (tertiary/aromatic N) is 1. The van der Waals surface area contributed by atoms with E-state index in [1.54, 1.807) is 19.1 Å². The number of ether oxygens (including phenoxy) is 4. The fourth-order valence-electron chi connectivity index (χ4n) is 2.90. The first kappa shape index (κ1) is 24.5. The summed E-state index contributed by atoms with van der Waals surface area (Å²) in [7, 11) is 1.43. The summed E-state index contributed by atoms with van der Waals surface area (Å²) in [4.78, 5) is 24.2. The molecular weight excluding hydrogens is 410 g/mol. The third-order valence-electron chi connectivity index (χ3n) is 4.47. The Hall–Kier alpha value is -3.79. The number of hydrogen-bond donors (Lipinski definition) is 0. The molecule has 2 rings (SSSR count). The van der Waals surface area contributed by atoms with Crippen LogP contribution in [0.1, 0.15) is 43.4 Å². The van der Waals surface area contributed by atoms with Crippen LogP contribution in [0.15, 0.2) is 42.0 Å². The summed E-state index contributed by atoms with van der Waals surface area (Å²) in [5, 5.41) is 9.17. The van der Waals surface area contributed by atoms with Gasteiger partial charge in [-0.2, -0.15) is 5.26 Å². The van der Waals surface area contributed by atoms with Gasteiger partial charge in [-0.05, 0) is 60.7 Å². The molecule has 0 unspecified atom stereocenters. The molecule has 0 aliphatic carbocycles. The number of rotatable bonds is 9. The van der Waals surface area contributed by atoms with E-state index in [-0.39, 0.29) is 36.2 Å². The topological polar surface area (TPSA) is 94.9 Å². The second-order valence-corrected chi connectivity index (χ2v) is 7.26. The summed E-state index contributed by atoms with van der Waals surface area (Å²) in [6.07, 6.45) is 1.38. The number of aryl methyl sites for hydroxylation is 1. The van der Waals surface area contributed by atoms with Gasteiger partial charge in [0.2, 0.25) is 0 Å². The zero-order valence-corrected chi connectivity index (χ0v) is 18.9. The first-order chi connectivity index (χ1) is 15.3. The molecule has 0 atom stereocenters. The van der Waals surface area contributed by atoms with Gasteiger partial charge in [-0.15, -0.1) is 0 Å². The molecule has 7 nitrogen and oxygen atoms in total. The van der Waals surface area contributed by atoms with Crippen LogP contribution >= 0.6 is 0 Å². The van der Waals surface area contributed by atoms with Crippen molar-refractivity contribution < 1.29 is 28.5 Å². The summed E-state index contributed by atoms with van der Waals surface area (Å²) in [6, 6.07) is 12.4. The van der Waals surface area contributed by atoms with E-state index < -0.39 is 11.9 Å². The van der Waals surface area contributed by atoms with Crippen LogP contribution in [0.3, 0.4) is 0 Å². The highest BCUT2D eigenvalue weighted by Crippen LogP contribution is 2.30. The smallest absolute Gasteiger partial charge is 0.349 e. The highest BCUT2D eigenvalue weighted by molar-refractivity contribution is 5.98. The third kappa shape index (κ3) is 6.61. The number of esters is 2. The first-order valence-corrected chi connectivity index (χ1v) is 10.2. The van der Waals surface area contributed by atoms with Crippen molar-refractivity contribution in [3.05, 3.63) is 58.7 Å². The van der Waals surface area contributed by atoms with Crippen molar-refractivity contribution in [2.24, 2.45) is 0 Å². The molecule has 0 spiro atoms. The molecule has 0 aromatic heterocycles. The fourth-order valence-corrected chi connectivity index (χ4v) is 2.90. The summed E-state index contributed by atoms with van der Waals surface area (Å²) in [6.45, 7) is 7.61. The molecule has 0 saturated carbocycles. The minimum Gasteiger partial charge on any atom is -0.493 e. The lowest BCUT2D eigenvalue weighted by Crippen LogP contribution is -2.18. The Morgan fingerprint density at radius 2 is 1.84 bits per heavy atom. The van der Waals surface area contributed by atoms with Crippen molar-refractivity contribution in [3.8, 4) is 23.3 Å². The maximum absolute atomic E-state index is 12.4. The van der Waals surface area contributed by atoms with Crippen molar-refractivity contribution in [2.45, 2.75) is 33.6 Å². The summed E-state index contributed by atoms with van der Waals surface area (Å²) >= 11 is 0. The van der Waals surface area contributed by atoms with Crippen molar-refractivity contribution in [1.82, 2.24) is 0 Å². The van der Waals surface area contributed by atoms with Crippen LogP contribution in [0.25, 0.3) is 6.08 Å². The average Bonchev–Trinajstić information content (AvgIpc) is 2.76. The number of carbonyl (C=O) groups is 2. The van der Waals surface area contributed by atoms with Gasteiger partial charge in [-0.1, -0.05) is 32.0 Å². The molecule has 0 N–H and O–H groups in total. The van der Waals surface area contributed by atoms with Gasteiger partial charge < -0.3 is 18.9 Å². The van der Waals surface area contributed by atoms with Crippen molar-refractivity contribution in [2.75, 3.05) is 20.3 Å². The fraction of sp³-hybridized carbons (Fsp3) is 0.320. The SMILES string of the molecule is CCOC(=O)/C(C#N)=C/c1ccc(OC(=O)COc2cc(C)ccc2C(C)C)c(OC)c1. The number of benzene rings is 2. The Morgan fingerprint density at radius 3 is 2.47 bits per heavy atom. The first-order valence-electron chi connectivity index (χ1n) is 10.2. The number of hydrogen-bond acceptors (Lipinski definition) is 7. The Kier molecular flexibility index (Phi) is 8.84. The molecule has 0 amide bonds. The quantitative estimate of drug-likeness (QED) is 0.245. The lowest BCUT2D eigenvalue weighted by atomic mass is 10.0. The molecule has 0 bridgehead atoms. The maximum Gasteiger partial charge on any atom is 0.349 e. The molecule has 0 heterocycles. The van der Waals surface area contributed by atoms with Crippen molar-refractivity contribution in [1.29, 1.82) is 5.26 Å². The lowest BCUT2D eigenvalue weighted by Gasteiger charge is -2.15. The van der Waals surface area contributed by atoms with E-state index in [4.69, 9.17) is 18.9 Å². The van der Waals surface area contributed by atoms with E-state index in [1.165, 1.54) is 19.3 Å². The van der Waals surface area contributed by atoms with Gasteiger partial charge in [-0.3, -0.25) is 0 Å². The molecule has 0 saturated heterocycles. The van der Waals surface area contributed by atoms with Crippen LogP contribution < -0.4 is 14.2 Å². The van der Waals surface area contributed by atoms with E-state index in [2.05, 4.69) is 13.8 Å². The highest BCUT2D eigenvalue weighted by Gasteiger charge is 2.15. The largest absolute Gasteiger partial charge is 0.493 e. The van der Waals surface area contributed by atoms with Crippen LogP contribution in [0, 0.1) is 18.3 Å². The molecule has 0 radical (unpaired) electrons. The predicted molar refractivity (Wildman–Crippen MR) is 120 cm³/mol. The Bertz CT molecular complexity index is 1050. The molecule has 32 heavy (non-hydrogen) atoms. The van der Waals surface area contributed by atoms with Gasteiger partial charge in [0.05, 0.1) is 13.7 Å². The van der Waals surface area contributed by atoms with Crippen LogP contribution in [0.2, 0.25) is 0 Å². The van der Waals surface area contributed by atoms with Gasteiger partial charge in [0, 0.05) is 0 Å². The summed E-state index contributed by atoms with van der Waals surface area (Å²) < 4.78 is 21.3. The molecule has 2 aromatic carbocycles. The van der Waals surface area contributed by atoms with Gasteiger partial charge >= 0.3 is 11.9 Å². The van der Waals surface area contributed by atoms with E-state index in [9.17, 15) is 14.9 Å². The maximum atomic E-state index is 12.4. The van der Waals surface area contributed by atoms with Gasteiger partial charge in [-0.25, -0.2) is 9.59 Å².